The molecule has 1 aliphatic heterocycles. The molecule has 3 heterocycles. The number of rotatable bonds is 6. The van der Waals surface area contributed by atoms with Gasteiger partial charge >= 0.3 is 0 Å². The van der Waals surface area contributed by atoms with Crippen LogP contribution in [-0.4, -0.2) is 40.1 Å². The van der Waals surface area contributed by atoms with E-state index in [0.29, 0.717) is 24.1 Å². The van der Waals surface area contributed by atoms with Gasteiger partial charge < -0.3 is 18.9 Å². The van der Waals surface area contributed by atoms with Gasteiger partial charge in [-0.1, -0.05) is 11.6 Å². The van der Waals surface area contributed by atoms with Gasteiger partial charge in [0.05, 0.1) is 13.2 Å². The molecular formula is C22H24ClN3O5S. The van der Waals surface area contributed by atoms with Crippen LogP contribution in [0.3, 0.4) is 0 Å². The van der Waals surface area contributed by atoms with Gasteiger partial charge in [0.15, 0.2) is 22.3 Å². The average Bonchev–Trinajstić information content (AvgIpc) is 3.39. The number of halogens is 1. The van der Waals surface area contributed by atoms with Gasteiger partial charge in [-0.3, -0.25) is 4.79 Å². The fourth-order valence-electron chi connectivity index (χ4n) is 4.25. The predicted octanol–water partition coefficient (Wildman–Crippen LogP) is 4.58. The first-order valence-electron chi connectivity index (χ1n) is 10.7. The second kappa shape index (κ2) is 8.53. The zero-order chi connectivity index (χ0) is 22.3. The highest BCUT2D eigenvalue weighted by atomic mass is 35.5. The summed E-state index contributed by atoms with van der Waals surface area (Å²) in [7, 11) is -3.07. The summed E-state index contributed by atoms with van der Waals surface area (Å²) in [4.78, 5) is 17.2. The van der Waals surface area contributed by atoms with E-state index in [1.165, 1.54) is 12.1 Å². The third-order valence-electron chi connectivity index (χ3n) is 6.09. The standard InChI is InChI=1S/C22H24ClN3O5S/c23-15-3-6-18-17(9-15)26-22(31-18)14-1-4-16(5-2-14)25-21(27)19-7-8-20(30-19)32(24,28)12-13-10-29-11-13/h3,6-9,13-14,16,24H,1-2,4-5,10-12H2,(H,25,27). The number of oxazole rings is 1. The highest BCUT2D eigenvalue weighted by molar-refractivity contribution is 7.92. The lowest BCUT2D eigenvalue weighted by molar-refractivity contribution is -0.0203. The molecule has 5 rings (SSSR count). The molecule has 0 radical (unpaired) electrons. The summed E-state index contributed by atoms with van der Waals surface area (Å²) in [5, 5.41) is 3.67. The predicted molar refractivity (Wildman–Crippen MR) is 118 cm³/mol. The fourth-order valence-corrected chi connectivity index (χ4v) is 5.95. The SMILES string of the molecule is N=S(=O)(CC1COC1)c1ccc(C(=O)NC2CCC(c3nc4cc(Cl)ccc4o3)CC2)o1. The second-order valence-corrected chi connectivity index (χ2v) is 11.1. The summed E-state index contributed by atoms with van der Waals surface area (Å²) in [5.41, 5.74) is 1.48. The molecule has 1 aromatic carbocycles. The van der Waals surface area contributed by atoms with E-state index in [2.05, 4.69) is 10.3 Å². The summed E-state index contributed by atoms with van der Waals surface area (Å²) in [6, 6.07) is 8.38. The molecule has 2 fully saturated rings. The van der Waals surface area contributed by atoms with Crippen LogP contribution in [0, 0.1) is 10.7 Å². The Morgan fingerprint density at radius 3 is 2.66 bits per heavy atom. The van der Waals surface area contributed by atoms with Gasteiger partial charge in [0, 0.05) is 28.7 Å². The molecule has 1 unspecified atom stereocenters. The van der Waals surface area contributed by atoms with E-state index in [1.54, 1.807) is 12.1 Å². The van der Waals surface area contributed by atoms with Gasteiger partial charge in [0.1, 0.15) is 15.2 Å². The molecule has 1 aliphatic carbocycles. The van der Waals surface area contributed by atoms with Crippen LogP contribution in [0.4, 0.5) is 0 Å². The van der Waals surface area contributed by atoms with Crippen molar-refractivity contribution in [1.29, 1.82) is 4.78 Å². The third kappa shape index (κ3) is 4.42. The van der Waals surface area contributed by atoms with Crippen LogP contribution >= 0.6 is 11.6 Å². The van der Waals surface area contributed by atoms with Gasteiger partial charge in [0.2, 0.25) is 0 Å². The largest absolute Gasteiger partial charge is 0.441 e. The van der Waals surface area contributed by atoms with Gasteiger partial charge in [0.25, 0.3) is 5.91 Å². The van der Waals surface area contributed by atoms with Crippen molar-refractivity contribution in [1.82, 2.24) is 10.3 Å². The normalized spacial score (nSPS) is 23.5. The lowest BCUT2D eigenvalue weighted by Gasteiger charge is -2.27. The summed E-state index contributed by atoms with van der Waals surface area (Å²) in [6.45, 7) is 1.04. The number of carbonyl (C=O) groups is 1. The van der Waals surface area contributed by atoms with Crippen molar-refractivity contribution in [3.8, 4) is 0 Å². The van der Waals surface area contributed by atoms with Crippen molar-refractivity contribution < 1.29 is 22.6 Å². The monoisotopic (exact) mass is 477 g/mol. The summed E-state index contributed by atoms with van der Waals surface area (Å²) >= 11 is 6.03. The first-order valence-corrected chi connectivity index (χ1v) is 12.8. The molecule has 2 aliphatic rings. The lowest BCUT2D eigenvalue weighted by atomic mass is 9.86. The molecule has 0 spiro atoms. The summed E-state index contributed by atoms with van der Waals surface area (Å²) in [5.74, 6) is 0.947. The van der Waals surface area contributed by atoms with E-state index in [0.717, 1.165) is 36.8 Å². The Morgan fingerprint density at radius 2 is 1.94 bits per heavy atom. The Morgan fingerprint density at radius 1 is 1.16 bits per heavy atom. The second-order valence-electron chi connectivity index (χ2n) is 8.55. The van der Waals surface area contributed by atoms with Crippen molar-refractivity contribution >= 4 is 38.3 Å². The van der Waals surface area contributed by atoms with E-state index < -0.39 is 9.73 Å². The van der Waals surface area contributed by atoms with E-state index in [4.69, 9.17) is 30.0 Å². The lowest BCUT2D eigenvalue weighted by Crippen LogP contribution is -2.37. The smallest absolute Gasteiger partial charge is 0.287 e. The van der Waals surface area contributed by atoms with Crippen LogP contribution in [0.2, 0.25) is 5.02 Å². The number of fused-ring (bicyclic) bond motifs is 1. The van der Waals surface area contributed by atoms with Gasteiger partial charge in [-0.05, 0) is 56.0 Å². The van der Waals surface area contributed by atoms with Crippen LogP contribution in [-0.2, 0) is 14.5 Å². The quantitative estimate of drug-likeness (QED) is 0.536. The minimum atomic E-state index is -3.07. The number of ether oxygens (including phenoxy) is 1. The Bertz CT molecular complexity index is 1240. The van der Waals surface area contributed by atoms with Gasteiger partial charge in [-0.25, -0.2) is 14.0 Å². The Labute approximate surface area is 190 Å². The number of aromatic nitrogens is 1. The molecule has 32 heavy (non-hydrogen) atoms. The molecule has 8 nitrogen and oxygen atoms in total. The Hall–Kier alpha value is -2.36. The maximum absolute atomic E-state index is 12.6. The average molecular weight is 478 g/mol. The van der Waals surface area contributed by atoms with E-state index >= 15 is 0 Å². The molecule has 2 N–H and O–H groups in total. The van der Waals surface area contributed by atoms with Crippen molar-refractivity contribution in [3.63, 3.8) is 0 Å². The minimum absolute atomic E-state index is 0.0126. The number of amides is 1. The van der Waals surface area contributed by atoms with Gasteiger partial charge in [-0.2, -0.15) is 0 Å². The van der Waals surface area contributed by atoms with Crippen molar-refractivity contribution in [3.05, 3.63) is 47.0 Å². The van der Waals surface area contributed by atoms with Gasteiger partial charge in [-0.15, -0.1) is 0 Å². The number of carbonyl (C=O) groups excluding carboxylic acids is 1. The molecule has 10 heteroatoms. The molecule has 1 atom stereocenters. The third-order valence-corrected chi connectivity index (χ3v) is 8.13. The topological polar surface area (TPSA) is 118 Å². The number of nitrogens with zero attached hydrogens (tertiary/aromatic N) is 1. The van der Waals surface area contributed by atoms with E-state index in [-0.39, 0.29) is 40.4 Å². The number of furan rings is 1. The molecular weight excluding hydrogens is 454 g/mol. The zero-order valence-electron chi connectivity index (χ0n) is 17.3. The maximum atomic E-state index is 12.6. The van der Waals surface area contributed by atoms with Crippen molar-refractivity contribution in [2.24, 2.45) is 5.92 Å². The highest BCUT2D eigenvalue weighted by Crippen LogP contribution is 2.34. The number of hydrogen-bond donors (Lipinski definition) is 2. The van der Waals surface area contributed by atoms with E-state index in [9.17, 15) is 9.00 Å². The zero-order valence-corrected chi connectivity index (χ0v) is 18.9. The van der Waals surface area contributed by atoms with Crippen LogP contribution in [0.5, 0.6) is 0 Å². The fraction of sp³-hybridized carbons (Fsp3) is 0.455. The van der Waals surface area contributed by atoms with Crippen molar-refractivity contribution in [2.45, 2.75) is 42.7 Å². The molecule has 1 saturated heterocycles. The van der Waals surface area contributed by atoms with Crippen LogP contribution < -0.4 is 5.32 Å². The van der Waals surface area contributed by atoms with Crippen LogP contribution in [0.15, 0.2) is 44.3 Å². The molecule has 0 bridgehead atoms. The summed E-state index contributed by atoms with van der Waals surface area (Å²) in [6.07, 6.45) is 3.28. The highest BCUT2D eigenvalue weighted by Gasteiger charge is 2.29. The molecule has 3 aromatic rings. The minimum Gasteiger partial charge on any atom is -0.441 e. The molecule has 2 aromatic heterocycles. The molecule has 1 saturated carbocycles. The number of nitrogens with one attached hydrogen (secondary N) is 2. The molecule has 1 amide bonds. The number of benzene rings is 1. The Kier molecular flexibility index (Phi) is 5.73. The van der Waals surface area contributed by atoms with E-state index in [1.807, 2.05) is 6.07 Å². The van der Waals surface area contributed by atoms with Crippen LogP contribution in [0.25, 0.3) is 11.1 Å². The van der Waals surface area contributed by atoms with Crippen LogP contribution in [0.1, 0.15) is 48.0 Å². The summed E-state index contributed by atoms with van der Waals surface area (Å²) < 4.78 is 37.2. The Balaban J connectivity index is 1.17. The first-order chi connectivity index (χ1) is 15.4. The van der Waals surface area contributed by atoms with Crippen molar-refractivity contribution in [2.75, 3.05) is 19.0 Å². The molecule has 170 valence electrons. The number of hydrogen-bond acceptors (Lipinski definition) is 7. The maximum Gasteiger partial charge on any atom is 0.287 e. The first kappa shape index (κ1) is 21.5.